The summed E-state index contributed by atoms with van der Waals surface area (Å²) in [7, 11) is 0. The van der Waals surface area contributed by atoms with Crippen molar-refractivity contribution in [2.24, 2.45) is 5.92 Å². The molecule has 1 aromatic heterocycles. The molecule has 3 rings (SSSR count). The average molecular weight is 370 g/mol. The molecule has 0 spiro atoms. The smallest absolute Gasteiger partial charge is 0.329 e. The second-order valence-corrected chi connectivity index (χ2v) is 7.89. The van der Waals surface area contributed by atoms with Crippen LogP contribution in [0.15, 0.2) is 21.9 Å². The summed E-state index contributed by atoms with van der Waals surface area (Å²) in [6.45, 7) is -0.0210. The Kier molecular flexibility index (Phi) is 5.65. The SMILES string of the molecule is O=C(OC[C@H]1S[C@@H](n2ccc(=O)[nH]c2=O)C(O)C1O)C1CCCCC1. The lowest BCUT2D eigenvalue weighted by Crippen LogP contribution is -2.37. The Morgan fingerprint density at radius 3 is 2.64 bits per heavy atom. The number of hydrogen-bond donors (Lipinski definition) is 3. The lowest BCUT2D eigenvalue weighted by Gasteiger charge is -2.21. The second-order valence-electron chi connectivity index (χ2n) is 6.53. The zero-order valence-electron chi connectivity index (χ0n) is 13.7. The third-order valence-electron chi connectivity index (χ3n) is 4.79. The van der Waals surface area contributed by atoms with Crippen molar-refractivity contribution in [3.63, 3.8) is 0 Å². The van der Waals surface area contributed by atoms with Gasteiger partial charge in [-0.15, -0.1) is 11.8 Å². The molecule has 0 aromatic carbocycles. The number of aliphatic hydroxyl groups excluding tert-OH is 2. The lowest BCUT2D eigenvalue weighted by molar-refractivity contribution is -0.150. The number of ether oxygens (including phenoxy) is 1. The van der Waals surface area contributed by atoms with Crippen molar-refractivity contribution in [2.75, 3.05) is 6.61 Å². The van der Waals surface area contributed by atoms with Crippen LogP contribution in [0.1, 0.15) is 37.5 Å². The number of nitrogens with zero attached hydrogens (tertiary/aromatic N) is 1. The largest absolute Gasteiger partial charge is 0.464 e. The van der Waals surface area contributed by atoms with Crippen molar-refractivity contribution in [3.05, 3.63) is 33.1 Å². The van der Waals surface area contributed by atoms with Crippen molar-refractivity contribution < 1.29 is 19.7 Å². The van der Waals surface area contributed by atoms with Crippen LogP contribution in [0.25, 0.3) is 0 Å². The fourth-order valence-corrected chi connectivity index (χ4v) is 4.79. The number of hydrogen-bond acceptors (Lipinski definition) is 7. The molecule has 2 aliphatic rings. The first-order valence-corrected chi connectivity index (χ1v) is 9.41. The number of aliphatic hydroxyl groups is 2. The molecule has 8 nitrogen and oxygen atoms in total. The molecule has 9 heteroatoms. The van der Waals surface area contributed by atoms with E-state index in [2.05, 4.69) is 4.98 Å². The summed E-state index contributed by atoms with van der Waals surface area (Å²) in [5.74, 6) is -0.341. The van der Waals surface area contributed by atoms with Crippen LogP contribution in [-0.2, 0) is 9.53 Å². The van der Waals surface area contributed by atoms with E-state index in [0.29, 0.717) is 0 Å². The van der Waals surface area contributed by atoms with Gasteiger partial charge >= 0.3 is 11.7 Å². The highest BCUT2D eigenvalue weighted by molar-refractivity contribution is 8.00. The maximum Gasteiger partial charge on any atom is 0.329 e. The molecule has 1 aromatic rings. The van der Waals surface area contributed by atoms with Gasteiger partial charge in [0, 0.05) is 12.3 Å². The van der Waals surface area contributed by atoms with Crippen LogP contribution >= 0.6 is 11.8 Å². The predicted molar refractivity (Wildman–Crippen MR) is 91.3 cm³/mol. The molecular formula is C16H22N2O6S. The predicted octanol–water partition coefficient (Wildman–Crippen LogP) is -0.00410. The maximum absolute atomic E-state index is 12.1. The minimum atomic E-state index is -1.20. The molecular weight excluding hydrogens is 348 g/mol. The van der Waals surface area contributed by atoms with E-state index < -0.39 is 34.1 Å². The molecule has 0 radical (unpaired) electrons. The van der Waals surface area contributed by atoms with Gasteiger partial charge in [0.25, 0.3) is 5.56 Å². The Balaban J connectivity index is 1.62. The molecule has 1 aliphatic heterocycles. The zero-order chi connectivity index (χ0) is 18.0. The number of H-pyrrole nitrogens is 1. The van der Waals surface area contributed by atoms with Crippen LogP contribution < -0.4 is 11.2 Å². The number of carbonyl (C=O) groups is 1. The zero-order valence-corrected chi connectivity index (χ0v) is 14.5. The van der Waals surface area contributed by atoms with Crippen molar-refractivity contribution in [3.8, 4) is 0 Å². The fraction of sp³-hybridized carbons (Fsp3) is 0.688. The topological polar surface area (TPSA) is 122 Å². The van der Waals surface area contributed by atoms with Crippen molar-refractivity contribution in [2.45, 2.75) is 54.9 Å². The van der Waals surface area contributed by atoms with Crippen molar-refractivity contribution in [1.29, 1.82) is 0 Å². The maximum atomic E-state index is 12.1. The quantitative estimate of drug-likeness (QED) is 0.638. The van der Waals surface area contributed by atoms with Gasteiger partial charge in [0.2, 0.25) is 0 Å². The first-order chi connectivity index (χ1) is 12.0. The molecule has 2 heterocycles. The molecule has 2 fully saturated rings. The summed E-state index contributed by atoms with van der Waals surface area (Å²) >= 11 is 1.15. The third-order valence-corrected chi connectivity index (χ3v) is 6.34. The van der Waals surface area contributed by atoms with E-state index in [1.54, 1.807) is 0 Å². The van der Waals surface area contributed by atoms with E-state index in [-0.39, 0.29) is 18.5 Å². The van der Waals surface area contributed by atoms with Gasteiger partial charge < -0.3 is 14.9 Å². The van der Waals surface area contributed by atoms with Gasteiger partial charge in [-0.3, -0.25) is 19.1 Å². The van der Waals surface area contributed by atoms with Crippen LogP contribution in [0.3, 0.4) is 0 Å². The van der Waals surface area contributed by atoms with E-state index in [0.717, 1.165) is 43.9 Å². The number of esters is 1. The van der Waals surface area contributed by atoms with Crippen LogP contribution in [0, 0.1) is 5.92 Å². The number of thioether (sulfide) groups is 1. The lowest BCUT2D eigenvalue weighted by atomic mass is 9.89. The normalized spacial score (nSPS) is 30.3. The summed E-state index contributed by atoms with van der Waals surface area (Å²) in [6, 6.07) is 1.18. The Bertz CT molecular complexity index is 726. The Morgan fingerprint density at radius 2 is 1.96 bits per heavy atom. The van der Waals surface area contributed by atoms with Gasteiger partial charge in [0.05, 0.1) is 17.3 Å². The highest BCUT2D eigenvalue weighted by Crippen LogP contribution is 2.41. The molecule has 4 atom stereocenters. The molecule has 138 valence electrons. The standard InChI is InChI=1S/C16H22N2O6S/c19-11-6-7-18(16(23)17-11)14-13(21)12(20)10(25-14)8-24-15(22)9-4-2-1-3-5-9/h6-7,9-10,12-14,20-21H,1-5,8H2,(H,17,19,23)/t10-,12?,13?,14-/m1/s1. The molecule has 2 unspecified atom stereocenters. The number of aromatic nitrogens is 2. The van der Waals surface area contributed by atoms with Gasteiger partial charge in [0.15, 0.2) is 0 Å². The second kappa shape index (κ2) is 7.76. The molecule has 3 N–H and O–H groups in total. The summed E-state index contributed by atoms with van der Waals surface area (Å²) in [4.78, 5) is 37.3. The minimum absolute atomic E-state index is 0.0210. The van der Waals surface area contributed by atoms with E-state index in [9.17, 15) is 24.6 Å². The van der Waals surface area contributed by atoms with Crippen LogP contribution in [0.4, 0.5) is 0 Å². The fourth-order valence-electron chi connectivity index (χ4n) is 3.34. The molecule has 0 bridgehead atoms. The van der Waals surface area contributed by atoms with Gasteiger partial charge in [-0.1, -0.05) is 19.3 Å². The van der Waals surface area contributed by atoms with Gasteiger partial charge in [-0.2, -0.15) is 0 Å². The van der Waals surface area contributed by atoms with Crippen molar-refractivity contribution in [1.82, 2.24) is 9.55 Å². The minimum Gasteiger partial charge on any atom is -0.464 e. The number of rotatable bonds is 4. The Labute approximate surface area is 148 Å². The van der Waals surface area contributed by atoms with Crippen LogP contribution in [0.5, 0.6) is 0 Å². The summed E-state index contributed by atoms with van der Waals surface area (Å²) in [5, 5.41) is 19.1. The van der Waals surface area contributed by atoms with Crippen LogP contribution in [0.2, 0.25) is 0 Å². The number of aromatic amines is 1. The molecule has 1 saturated heterocycles. The van der Waals surface area contributed by atoms with Gasteiger partial charge in [0.1, 0.15) is 18.1 Å². The highest BCUT2D eigenvalue weighted by Gasteiger charge is 2.44. The van der Waals surface area contributed by atoms with Crippen LogP contribution in [-0.4, -0.2) is 49.8 Å². The monoisotopic (exact) mass is 370 g/mol. The van der Waals surface area contributed by atoms with Crippen molar-refractivity contribution >= 4 is 17.7 Å². The van der Waals surface area contributed by atoms with E-state index >= 15 is 0 Å². The van der Waals surface area contributed by atoms with E-state index in [1.807, 2.05) is 0 Å². The van der Waals surface area contributed by atoms with E-state index in [1.165, 1.54) is 16.8 Å². The summed E-state index contributed by atoms with van der Waals surface area (Å²) < 4.78 is 6.51. The van der Waals surface area contributed by atoms with Gasteiger partial charge in [-0.25, -0.2) is 4.79 Å². The molecule has 0 amide bonds. The Morgan fingerprint density at radius 1 is 1.24 bits per heavy atom. The summed E-state index contributed by atoms with van der Waals surface area (Å²) in [5.41, 5.74) is -1.19. The molecule has 1 saturated carbocycles. The van der Waals surface area contributed by atoms with Gasteiger partial charge in [-0.05, 0) is 12.8 Å². The number of nitrogens with one attached hydrogen (secondary N) is 1. The molecule has 1 aliphatic carbocycles. The molecule has 25 heavy (non-hydrogen) atoms. The average Bonchev–Trinajstić information content (AvgIpc) is 2.89. The highest BCUT2D eigenvalue weighted by atomic mass is 32.2. The summed E-state index contributed by atoms with van der Waals surface area (Å²) in [6.07, 6.45) is 3.80. The Hall–Kier alpha value is -1.58. The number of carbonyl (C=O) groups excluding carboxylic acids is 1. The third kappa shape index (κ3) is 3.99. The first-order valence-electron chi connectivity index (χ1n) is 8.47. The van der Waals surface area contributed by atoms with E-state index in [4.69, 9.17) is 4.74 Å². The first kappa shape index (κ1) is 18.2.